The van der Waals surface area contributed by atoms with Crippen LogP contribution in [0.4, 0.5) is 0 Å². The van der Waals surface area contributed by atoms with Crippen molar-refractivity contribution < 1.29 is 4.79 Å². The van der Waals surface area contributed by atoms with Crippen LogP contribution in [0.5, 0.6) is 0 Å². The largest absolute Gasteiger partial charge is 0.298 e. The molecule has 1 rings (SSSR count). The molecular formula is C8H15NOS. The summed E-state index contributed by atoms with van der Waals surface area (Å²) >= 11 is 3.92. The molecule has 1 fully saturated rings. The monoisotopic (exact) mass is 173 g/mol. The fourth-order valence-electron chi connectivity index (χ4n) is 1.37. The average molecular weight is 173 g/mol. The van der Waals surface area contributed by atoms with Crippen molar-refractivity contribution >= 4 is 18.6 Å². The summed E-state index contributed by atoms with van der Waals surface area (Å²) in [6, 6.07) is -0.0244. The molecule has 64 valence electrons. The van der Waals surface area contributed by atoms with Crippen LogP contribution in [0.15, 0.2) is 0 Å². The first-order chi connectivity index (χ1) is 5.24. The second-order valence-corrected chi connectivity index (χ2v) is 3.58. The van der Waals surface area contributed by atoms with Crippen LogP contribution in [0.25, 0.3) is 0 Å². The quantitative estimate of drug-likeness (QED) is 0.632. The van der Waals surface area contributed by atoms with Crippen LogP contribution in [0, 0.1) is 5.92 Å². The summed E-state index contributed by atoms with van der Waals surface area (Å²) in [6.07, 6.45) is 4.89. The lowest BCUT2D eigenvalue weighted by molar-refractivity contribution is -0.119. The molecule has 1 unspecified atom stereocenters. The summed E-state index contributed by atoms with van der Waals surface area (Å²) in [7, 11) is 0. The van der Waals surface area contributed by atoms with Gasteiger partial charge in [0.25, 0.3) is 0 Å². The summed E-state index contributed by atoms with van der Waals surface area (Å²) < 4.78 is 2.75. The minimum absolute atomic E-state index is 0.0244. The fourth-order valence-corrected chi connectivity index (χ4v) is 1.66. The van der Waals surface area contributed by atoms with Crippen molar-refractivity contribution in [2.75, 3.05) is 0 Å². The highest BCUT2D eigenvalue weighted by molar-refractivity contribution is 7.78. The Hall–Kier alpha value is -0.0200. The smallest absolute Gasteiger partial charge is 0.147 e. The maximum absolute atomic E-state index is 10.9. The summed E-state index contributed by atoms with van der Waals surface area (Å²) in [5.74, 6) is 0.968. The van der Waals surface area contributed by atoms with Crippen LogP contribution in [0.1, 0.15) is 32.6 Å². The van der Waals surface area contributed by atoms with Gasteiger partial charge in [0.2, 0.25) is 0 Å². The van der Waals surface area contributed by atoms with E-state index in [9.17, 15) is 4.79 Å². The Balaban J connectivity index is 2.24. The van der Waals surface area contributed by atoms with E-state index in [0.29, 0.717) is 0 Å². The first-order valence-electron chi connectivity index (χ1n) is 4.14. The van der Waals surface area contributed by atoms with Crippen LogP contribution in [-0.2, 0) is 4.79 Å². The molecule has 1 aliphatic rings. The van der Waals surface area contributed by atoms with Gasteiger partial charge in [0, 0.05) is 0 Å². The van der Waals surface area contributed by atoms with E-state index in [1.165, 1.54) is 19.3 Å². The number of hydrogen-bond donors (Lipinski definition) is 2. The normalized spacial score (nSPS) is 20.9. The SMILES string of the molecule is CC(=O)C(CC1CCC1)NS. The molecule has 1 atom stereocenters. The number of rotatable bonds is 4. The highest BCUT2D eigenvalue weighted by Crippen LogP contribution is 2.30. The topological polar surface area (TPSA) is 29.1 Å². The van der Waals surface area contributed by atoms with Gasteiger partial charge in [0.1, 0.15) is 5.78 Å². The van der Waals surface area contributed by atoms with E-state index in [0.717, 1.165) is 12.3 Å². The molecule has 0 aromatic rings. The molecule has 0 saturated heterocycles. The van der Waals surface area contributed by atoms with E-state index in [4.69, 9.17) is 0 Å². The zero-order valence-corrected chi connectivity index (χ0v) is 7.73. The molecule has 3 heteroatoms. The van der Waals surface area contributed by atoms with Crippen LogP contribution in [0.3, 0.4) is 0 Å². The van der Waals surface area contributed by atoms with Crippen molar-refractivity contribution in [1.29, 1.82) is 0 Å². The van der Waals surface area contributed by atoms with E-state index in [1.54, 1.807) is 6.92 Å². The fraction of sp³-hybridized carbons (Fsp3) is 0.875. The van der Waals surface area contributed by atoms with Crippen molar-refractivity contribution in [1.82, 2.24) is 4.72 Å². The number of carbonyl (C=O) groups is 1. The third kappa shape index (κ3) is 2.49. The van der Waals surface area contributed by atoms with Gasteiger partial charge >= 0.3 is 0 Å². The zero-order chi connectivity index (χ0) is 8.27. The van der Waals surface area contributed by atoms with Gasteiger partial charge in [-0.2, -0.15) is 0 Å². The number of carbonyl (C=O) groups excluding carboxylic acids is 1. The lowest BCUT2D eigenvalue weighted by Crippen LogP contribution is -2.33. The summed E-state index contributed by atoms with van der Waals surface area (Å²) in [6.45, 7) is 1.62. The Morgan fingerprint density at radius 2 is 2.36 bits per heavy atom. The molecule has 0 spiro atoms. The highest BCUT2D eigenvalue weighted by Gasteiger charge is 2.23. The van der Waals surface area contributed by atoms with Crippen LogP contribution >= 0.6 is 12.8 Å². The summed E-state index contributed by atoms with van der Waals surface area (Å²) in [4.78, 5) is 10.9. The van der Waals surface area contributed by atoms with Gasteiger partial charge in [0.15, 0.2) is 0 Å². The van der Waals surface area contributed by atoms with E-state index in [-0.39, 0.29) is 11.8 Å². The van der Waals surface area contributed by atoms with Gasteiger partial charge in [0.05, 0.1) is 6.04 Å². The standard InChI is InChI=1S/C8H15NOS/c1-6(10)8(9-11)5-7-3-2-4-7/h7-9,11H,2-5H2,1H3. The Kier molecular flexibility index (Phi) is 3.40. The number of nitrogens with one attached hydrogen (secondary N) is 1. The van der Waals surface area contributed by atoms with Crippen molar-refractivity contribution in [2.24, 2.45) is 5.92 Å². The number of thiol groups is 1. The third-order valence-electron chi connectivity index (χ3n) is 2.44. The second kappa shape index (κ2) is 4.12. The molecule has 0 aliphatic heterocycles. The Labute approximate surface area is 73.3 Å². The number of hydrogen-bond acceptors (Lipinski definition) is 3. The van der Waals surface area contributed by atoms with Gasteiger partial charge in [-0.15, -0.1) is 0 Å². The minimum atomic E-state index is -0.0244. The Morgan fingerprint density at radius 1 is 1.73 bits per heavy atom. The average Bonchev–Trinajstić information content (AvgIpc) is 1.85. The van der Waals surface area contributed by atoms with E-state index in [2.05, 4.69) is 17.5 Å². The first-order valence-corrected chi connectivity index (χ1v) is 4.59. The predicted molar refractivity (Wildman–Crippen MR) is 48.5 cm³/mol. The van der Waals surface area contributed by atoms with Crippen LogP contribution in [-0.4, -0.2) is 11.8 Å². The lowest BCUT2D eigenvalue weighted by atomic mass is 9.80. The first kappa shape index (κ1) is 9.07. The van der Waals surface area contributed by atoms with Crippen molar-refractivity contribution in [2.45, 2.75) is 38.6 Å². The van der Waals surface area contributed by atoms with E-state index < -0.39 is 0 Å². The lowest BCUT2D eigenvalue weighted by Gasteiger charge is -2.28. The maximum Gasteiger partial charge on any atom is 0.147 e. The number of Topliss-reactive ketones (excluding diaryl/α,β-unsaturated/α-hetero) is 1. The van der Waals surface area contributed by atoms with Gasteiger partial charge in [-0.1, -0.05) is 32.1 Å². The van der Waals surface area contributed by atoms with E-state index >= 15 is 0 Å². The molecule has 0 radical (unpaired) electrons. The summed E-state index contributed by atoms with van der Waals surface area (Å²) in [5, 5.41) is 0. The minimum Gasteiger partial charge on any atom is -0.298 e. The molecule has 0 bridgehead atoms. The van der Waals surface area contributed by atoms with Crippen molar-refractivity contribution in [3.8, 4) is 0 Å². The van der Waals surface area contributed by atoms with Crippen LogP contribution in [0.2, 0.25) is 0 Å². The zero-order valence-electron chi connectivity index (χ0n) is 6.84. The molecule has 0 amide bonds. The Morgan fingerprint density at radius 3 is 2.64 bits per heavy atom. The van der Waals surface area contributed by atoms with Gasteiger partial charge in [-0.3, -0.25) is 9.52 Å². The highest BCUT2D eigenvalue weighted by atomic mass is 32.1. The molecular weight excluding hydrogens is 158 g/mol. The molecule has 0 aromatic carbocycles. The molecule has 11 heavy (non-hydrogen) atoms. The second-order valence-electron chi connectivity index (χ2n) is 3.32. The van der Waals surface area contributed by atoms with Crippen molar-refractivity contribution in [3.63, 3.8) is 0 Å². The summed E-state index contributed by atoms with van der Waals surface area (Å²) in [5.41, 5.74) is 0. The predicted octanol–water partition coefficient (Wildman–Crippen LogP) is 1.57. The van der Waals surface area contributed by atoms with Gasteiger partial charge in [-0.05, 0) is 19.3 Å². The van der Waals surface area contributed by atoms with Gasteiger partial charge in [-0.25, -0.2) is 0 Å². The number of ketones is 1. The van der Waals surface area contributed by atoms with Crippen molar-refractivity contribution in [3.05, 3.63) is 0 Å². The molecule has 0 heterocycles. The van der Waals surface area contributed by atoms with E-state index in [1.807, 2.05) is 0 Å². The third-order valence-corrected chi connectivity index (χ3v) is 2.75. The molecule has 2 nitrogen and oxygen atoms in total. The van der Waals surface area contributed by atoms with Gasteiger partial charge < -0.3 is 0 Å². The van der Waals surface area contributed by atoms with Crippen LogP contribution < -0.4 is 4.72 Å². The maximum atomic E-state index is 10.9. The molecule has 1 aliphatic carbocycles. The molecule has 0 aromatic heterocycles. The Bertz CT molecular complexity index is 145. The molecule has 1 N–H and O–H groups in total. The molecule has 1 saturated carbocycles.